The number of nitrogens with zero attached hydrogens (tertiary/aromatic N) is 1. The molecule has 0 aliphatic rings. The van der Waals surface area contributed by atoms with Crippen LogP contribution in [0.1, 0.15) is 36.8 Å². The Morgan fingerprint density at radius 2 is 1.83 bits per heavy atom. The lowest BCUT2D eigenvalue weighted by molar-refractivity contribution is -0.158. The second-order valence-electron chi connectivity index (χ2n) is 7.08. The molecule has 30 heavy (non-hydrogen) atoms. The van der Waals surface area contributed by atoms with Crippen molar-refractivity contribution in [2.45, 2.75) is 33.0 Å². The molecule has 0 radical (unpaired) electrons. The first kappa shape index (κ1) is 21.1. The summed E-state index contributed by atoms with van der Waals surface area (Å²) in [5.74, 6) is -0.583. The first-order valence-electron chi connectivity index (χ1n) is 9.51. The third-order valence-electron chi connectivity index (χ3n) is 4.34. The van der Waals surface area contributed by atoms with Crippen LogP contribution >= 0.6 is 0 Å². The molecule has 7 nitrogen and oxygen atoms in total. The summed E-state index contributed by atoms with van der Waals surface area (Å²) in [5.41, 5.74) is 0.203. The van der Waals surface area contributed by atoms with Gasteiger partial charge in [-0.25, -0.2) is 14.6 Å². The number of hydrogen-bond acceptors (Lipinski definition) is 6. The van der Waals surface area contributed by atoms with Gasteiger partial charge >= 0.3 is 11.9 Å². The summed E-state index contributed by atoms with van der Waals surface area (Å²) in [4.78, 5) is 27.9. The lowest BCUT2D eigenvalue weighted by Crippen LogP contribution is -2.39. The average Bonchev–Trinajstić information content (AvgIpc) is 2.72. The molecule has 0 spiro atoms. The molecular weight excluding hydrogens is 386 g/mol. The van der Waals surface area contributed by atoms with Crippen LogP contribution in [-0.2, 0) is 16.1 Å². The van der Waals surface area contributed by atoms with Gasteiger partial charge in [0.2, 0.25) is 0 Å². The van der Waals surface area contributed by atoms with Crippen LogP contribution in [0.5, 0.6) is 11.5 Å². The van der Waals surface area contributed by atoms with Crippen molar-refractivity contribution in [1.29, 1.82) is 0 Å². The Bertz CT molecular complexity index is 1080. The fraction of sp³-hybridized carbons (Fsp3) is 0.261. The number of carbonyl (C=O) groups excluding carboxylic acids is 1. The van der Waals surface area contributed by atoms with E-state index in [2.05, 4.69) is 4.98 Å². The van der Waals surface area contributed by atoms with Gasteiger partial charge in [-0.2, -0.15) is 0 Å². The van der Waals surface area contributed by atoms with Gasteiger partial charge in [-0.15, -0.1) is 0 Å². The zero-order valence-corrected chi connectivity index (χ0v) is 17.0. The van der Waals surface area contributed by atoms with E-state index < -0.39 is 17.5 Å². The lowest BCUT2D eigenvalue weighted by Gasteiger charge is -2.24. The number of carboxylic acids is 1. The second kappa shape index (κ2) is 8.82. The highest BCUT2D eigenvalue weighted by Gasteiger charge is 2.32. The standard InChI is InChI=1S/C23H23NO6/c1-4-28-22(27)23(2,3)30-19-10-6-7-15-11-12-17(24-20(15)19)14-29-18-9-5-8-16(13-18)21(25)26/h5-13H,4,14H2,1-3H3,(H,25,26). The van der Waals surface area contributed by atoms with E-state index in [1.54, 1.807) is 39.0 Å². The number of pyridine rings is 1. The molecule has 7 heteroatoms. The first-order chi connectivity index (χ1) is 14.3. The van der Waals surface area contributed by atoms with Gasteiger partial charge in [-0.1, -0.05) is 24.3 Å². The van der Waals surface area contributed by atoms with Crippen molar-refractivity contribution in [3.05, 3.63) is 65.9 Å². The molecule has 0 fully saturated rings. The average molecular weight is 409 g/mol. The van der Waals surface area contributed by atoms with Crippen molar-refractivity contribution in [1.82, 2.24) is 4.98 Å². The zero-order chi connectivity index (χ0) is 21.7. The Kier molecular flexibility index (Phi) is 6.20. The zero-order valence-electron chi connectivity index (χ0n) is 17.0. The summed E-state index contributed by atoms with van der Waals surface area (Å²) < 4.78 is 16.7. The van der Waals surface area contributed by atoms with E-state index in [1.165, 1.54) is 12.1 Å². The van der Waals surface area contributed by atoms with E-state index in [0.29, 0.717) is 22.7 Å². The minimum Gasteiger partial charge on any atom is -0.487 e. The molecule has 2 aromatic carbocycles. The maximum Gasteiger partial charge on any atom is 0.349 e. The molecule has 0 unspecified atom stereocenters. The van der Waals surface area contributed by atoms with E-state index in [-0.39, 0.29) is 18.8 Å². The molecule has 0 atom stereocenters. The Balaban J connectivity index is 1.83. The van der Waals surface area contributed by atoms with Crippen LogP contribution in [0.25, 0.3) is 10.9 Å². The fourth-order valence-corrected chi connectivity index (χ4v) is 2.82. The number of rotatable bonds is 8. The topological polar surface area (TPSA) is 95.0 Å². The van der Waals surface area contributed by atoms with Crippen molar-refractivity contribution in [3.63, 3.8) is 0 Å². The summed E-state index contributed by atoms with van der Waals surface area (Å²) in [7, 11) is 0. The van der Waals surface area contributed by atoms with Gasteiger partial charge in [0.1, 0.15) is 23.6 Å². The number of aromatic nitrogens is 1. The van der Waals surface area contributed by atoms with Crippen molar-refractivity contribution < 1.29 is 28.9 Å². The van der Waals surface area contributed by atoms with E-state index in [1.807, 2.05) is 24.3 Å². The molecule has 3 aromatic rings. The highest BCUT2D eigenvalue weighted by atomic mass is 16.6. The van der Waals surface area contributed by atoms with Crippen LogP contribution in [0.3, 0.4) is 0 Å². The van der Waals surface area contributed by atoms with Gasteiger partial charge in [-0.3, -0.25) is 0 Å². The molecule has 0 saturated heterocycles. The number of ether oxygens (including phenoxy) is 3. The van der Waals surface area contributed by atoms with E-state index in [4.69, 9.17) is 19.3 Å². The van der Waals surface area contributed by atoms with Crippen molar-refractivity contribution >= 4 is 22.8 Å². The summed E-state index contributed by atoms with van der Waals surface area (Å²) in [5, 5.41) is 9.94. The molecule has 0 saturated carbocycles. The fourth-order valence-electron chi connectivity index (χ4n) is 2.82. The van der Waals surface area contributed by atoms with Gasteiger partial charge in [-0.05, 0) is 51.1 Å². The van der Waals surface area contributed by atoms with Gasteiger partial charge in [0.15, 0.2) is 5.60 Å². The molecule has 0 bridgehead atoms. The lowest BCUT2D eigenvalue weighted by atomic mass is 10.1. The van der Waals surface area contributed by atoms with Crippen LogP contribution in [-0.4, -0.2) is 34.2 Å². The van der Waals surface area contributed by atoms with Crippen LogP contribution in [0.2, 0.25) is 0 Å². The van der Waals surface area contributed by atoms with Crippen LogP contribution in [0.4, 0.5) is 0 Å². The third kappa shape index (κ3) is 4.86. The summed E-state index contributed by atoms with van der Waals surface area (Å²) in [6.45, 7) is 5.45. The van der Waals surface area contributed by atoms with Crippen molar-refractivity contribution in [3.8, 4) is 11.5 Å². The minimum absolute atomic E-state index is 0.147. The molecule has 1 N–H and O–H groups in total. The van der Waals surface area contributed by atoms with E-state index >= 15 is 0 Å². The quantitative estimate of drug-likeness (QED) is 0.556. The molecule has 156 valence electrons. The Hall–Kier alpha value is -3.61. The number of carbonyl (C=O) groups is 2. The maximum atomic E-state index is 12.2. The number of carboxylic acid groups (broad SMARTS) is 1. The minimum atomic E-state index is -1.17. The molecule has 0 amide bonds. The summed E-state index contributed by atoms with van der Waals surface area (Å²) in [6, 6.07) is 15.4. The largest absolute Gasteiger partial charge is 0.487 e. The number of fused-ring (bicyclic) bond motifs is 1. The predicted molar refractivity (Wildman–Crippen MR) is 111 cm³/mol. The van der Waals surface area contributed by atoms with Gasteiger partial charge in [0, 0.05) is 5.39 Å². The second-order valence-corrected chi connectivity index (χ2v) is 7.08. The number of benzene rings is 2. The Morgan fingerprint density at radius 3 is 2.57 bits per heavy atom. The highest BCUT2D eigenvalue weighted by Crippen LogP contribution is 2.28. The van der Waals surface area contributed by atoms with Crippen LogP contribution in [0.15, 0.2) is 54.6 Å². The van der Waals surface area contributed by atoms with Gasteiger partial charge < -0.3 is 19.3 Å². The predicted octanol–water partition coefficient (Wildman–Crippen LogP) is 4.23. The third-order valence-corrected chi connectivity index (χ3v) is 4.34. The Morgan fingerprint density at radius 1 is 1.07 bits per heavy atom. The number of hydrogen-bond donors (Lipinski definition) is 1. The number of aromatic carboxylic acids is 1. The number of para-hydroxylation sites is 1. The van der Waals surface area contributed by atoms with Gasteiger partial charge in [0.25, 0.3) is 0 Å². The van der Waals surface area contributed by atoms with Crippen molar-refractivity contribution in [2.24, 2.45) is 0 Å². The maximum absolute atomic E-state index is 12.2. The SMILES string of the molecule is CCOC(=O)C(C)(C)Oc1cccc2ccc(COc3cccc(C(=O)O)c3)nc12. The van der Waals surface area contributed by atoms with Crippen molar-refractivity contribution in [2.75, 3.05) is 6.61 Å². The van der Waals surface area contributed by atoms with E-state index in [0.717, 1.165) is 5.39 Å². The smallest absolute Gasteiger partial charge is 0.349 e. The first-order valence-corrected chi connectivity index (χ1v) is 9.51. The highest BCUT2D eigenvalue weighted by molar-refractivity contribution is 5.88. The summed E-state index contributed by atoms with van der Waals surface area (Å²) in [6.07, 6.45) is 0. The van der Waals surface area contributed by atoms with Gasteiger partial charge in [0.05, 0.1) is 17.9 Å². The number of esters is 1. The van der Waals surface area contributed by atoms with E-state index in [9.17, 15) is 9.59 Å². The molecular formula is C23H23NO6. The normalized spacial score (nSPS) is 11.2. The molecule has 3 rings (SSSR count). The van der Waals surface area contributed by atoms with Crippen LogP contribution < -0.4 is 9.47 Å². The molecule has 0 aliphatic heterocycles. The molecule has 0 aliphatic carbocycles. The summed E-state index contributed by atoms with van der Waals surface area (Å²) >= 11 is 0. The molecule has 1 heterocycles. The monoisotopic (exact) mass is 409 g/mol. The Labute approximate surface area is 174 Å². The van der Waals surface area contributed by atoms with Crippen LogP contribution in [0, 0.1) is 0 Å². The molecule has 1 aromatic heterocycles.